The first-order valence-corrected chi connectivity index (χ1v) is 7.75. The number of halogens is 2. The lowest BCUT2D eigenvalue weighted by Gasteiger charge is -2.20. The number of nitrogens with one attached hydrogen (secondary N) is 1. The van der Waals surface area contributed by atoms with Gasteiger partial charge < -0.3 is 9.88 Å². The molecule has 4 nitrogen and oxygen atoms in total. The molecule has 25 heavy (non-hydrogen) atoms. The number of rotatable bonds is 4. The summed E-state index contributed by atoms with van der Waals surface area (Å²) < 4.78 is 28.5. The molecule has 3 aromatic rings. The number of nitrogens with zero attached hydrogens (tertiary/aromatic N) is 2. The summed E-state index contributed by atoms with van der Waals surface area (Å²) in [4.78, 5) is 17.0. The maximum atomic E-state index is 13.5. The Morgan fingerprint density at radius 3 is 2.44 bits per heavy atom. The van der Waals surface area contributed by atoms with Crippen molar-refractivity contribution in [1.29, 1.82) is 0 Å². The predicted molar refractivity (Wildman–Crippen MR) is 90.1 cm³/mol. The van der Waals surface area contributed by atoms with Crippen LogP contribution in [0.25, 0.3) is 0 Å². The lowest BCUT2D eigenvalue weighted by molar-refractivity contribution is 0.0940. The van der Waals surface area contributed by atoms with E-state index in [0.717, 1.165) is 0 Å². The number of hydrogen-bond donors (Lipinski definition) is 1. The van der Waals surface area contributed by atoms with E-state index in [0.29, 0.717) is 17.0 Å². The van der Waals surface area contributed by atoms with Crippen molar-refractivity contribution in [3.05, 3.63) is 89.0 Å². The maximum absolute atomic E-state index is 13.5. The average Bonchev–Trinajstić information content (AvgIpc) is 3.01. The van der Waals surface area contributed by atoms with Crippen molar-refractivity contribution in [2.75, 3.05) is 0 Å². The van der Waals surface area contributed by atoms with Crippen molar-refractivity contribution in [2.24, 2.45) is 7.05 Å². The summed E-state index contributed by atoms with van der Waals surface area (Å²) in [5.74, 6) is -0.677. The summed E-state index contributed by atoms with van der Waals surface area (Å²) in [5, 5.41) is 2.87. The Morgan fingerprint density at radius 2 is 1.80 bits per heavy atom. The van der Waals surface area contributed by atoms with E-state index < -0.39 is 17.8 Å². The molecule has 3 rings (SSSR count). The number of aryl methyl sites for hydroxylation is 2. The first kappa shape index (κ1) is 16.8. The molecule has 0 aliphatic rings. The van der Waals surface area contributed by atoms with Gasteiger partial charge in [-0.15, -0.1) is 0 Å². The van der Waals surface area contributed by atoms with Gasteiger partial charge in [-0.05, 0) is 42.3 Å². The van der Waals surface area contributed by atoms with Crippen LogP contribution in [0.4, 0.5) is 8.78 Å². The molecule has 0 aliphatic heterocycles. The van der Waals surface area contributed by atoms with E-state index in [1.54, 1.807) is 49.1 Å². The summed E-state index contributed by atoms with van der Waals surface area (Å²) in [7, 11) is 1.80. The molecule has 0 bridgehead atoms. The Hall–Kier alpha value is -3.02. The van der Waals surface area contributed by atoms with Gasteiger partial charge in [0.05, 0.1) is 0 Å². The number of benzene rings is 2. The SMILES string of the molecule is Cc1ccc(F)cc1C(=O)NC(c1ccc(F)cc1)c1nccn1C. The predicted octanol–water partition coefficient (Wildman–Crippen LogP) is 3.53. The molecule has 0 spiro atoms. The summed E-state index contributed by atoms with van der Waals surface area (Å²) in [6, 6.07) is 9.30. The Balaban J connectivity index is 1.98. The molecule has 0 radical (unpaired) electrons. The molecule has 2 aromatic carbocycles. The van der Waals surface area contributed by atoms with Gasteiger partial charge in [0.25, 0.3) is 5.91 Å². The zero-order valence-corrected chi connectivity index (χ0v) is 13.8. The number of carbonyl (C=O) groups is 1. The smallest absolute Gasteiger partial charge is 0.252 e. The Labute approximate surface area is 144 Å². The second-order valence-corrected chi connectivity index (χ2v) is 5.81. The minimum absolute atomic E-state index is 0.251. The summed E-state index contributed by atoms with van der Waals surface area (Å²) >= 11 is 0. The van der Waals surface area contributed by atoms with Crippen LogP contribution in [0.3, 0.4) is 0 Å². The zero-order chi connectivity index (χ0) is 18.0. The summed E-state index contributed by atoms with van der Waals surface area (Å²) in [6.45, 7) is 1.74. The zero-order valence-electron chi connectivity index (χ0n) is 13.8. The van der Waals surface area contributed by atoms with Crippen LogP contribution in [0.5, 0.6) is 0 Å². The fraction of sp³-hybridized carbons (Fsp3) is 0.158. The highest BCUT2D eigenvalue weighted by atomic mass is 19.1. The van der Waals surface area contributed by atoms with Crippen LogP contribution in [0, 0.1) is 18.6 Å². The van der Waals surface area contributed by atoms with Gasteiger partial charge >= 0.3 is 0 Å². The number of hydrogen-bond acceptors (Lipinski definition) is 2. The van der Waals surface area contributed by atoms with E-state index in [4.69, 9.17) is 0 Å². The van der Waals surface area contributed by atoms with Gasteiger partial charge in [0, 0.05) is 25.0 Å². The molecule has 128 valence electrons. The second kappa shape index (κ2) is 6.84. The van der Waals surface area contributed by atoms with Crippen LogP contribution in [-0.4, -0.2) is 15.5 Å². The van der Waals surface area contributed by atoms with E-state index in [-0.39, 0.29) is 11.4 Å². The van der Waals surface area contributed by atoms with Crippen LogP contribution in [0.1, 0.15) is 33.4 Å². The highest BCUT2D eigenvalue weighted by Crippen LogP contribution is 2.22. The molecule has 1 amide bonds. The first-order chi connectivity index (χ1) is 12.0. The molecular formula is C19H17F2N3O. The van der Waals surface area contributed by atoms with Gasteiger partial charge in [-0.2, -0.15) is 0 Å². The van der Waals surface area contributed by atoms with Gasteiger partial charge in [-0.1, -0.05) is 18.2 Å². The molecule has 0 saturated heterocycles. The van der Waals surface area contributed by atoms with Crippen molar-refractivity contribution >= 4 is 5.91 Å². The lowest BCUT2D eigenvalue weighted by atomic mass is 10.0. The summed E-state index contributed by atoms with van der Waals surface area (Å²) in [6.07, 6.45) is 3.37. The fourth-order valence-electron chi connectivity index (χ4n) is 2.66. The first-order valence-electron chi connectivity index (χ1n) is 7.75. The highest BCUT2D eigenvalue weighted by Gasteiger charge is 2.22. The molecular weight excluding hydrogens is 324 g/mol. The van der Waals surface area contributed by atoms with Gasteiger partial charge in [-0.3, -0.25) is 4.79 Å². The molecule has 0 aliphatic carbocycles. The molecule has 1 unspecified atom stereocenters. The van der Waals surface area contributed by atoms with Crippen molar-refractivity contribution in [1.82, 2.24) is 14.9 Å². The molecule has 0 fully saturated rings. The Kier molecular flexibility index (Phi) is 4.61. The quantitative estimate of drug-likeness (QED) is 0.789. The Morgan fingerprint density at radius 1 is 1.12 bits per heavy atom. The van der Waals surface area contributed by atoms with E-state index >= 15 is 0 Å². The normalized spacial score (nSPS) is 12.0. The van der Waals surface area contributed by atoms with Gasteiger partial charge in [-0.25, -0.2) is 13.8 Å². The number of carbonyl (C=O) groups excluding carboxylic acids is 1. The van der Waals surface area contributed by atoms with Gasteiger partial charge in [0.15, 0.2) is 0 Å². The van der Waals surface area contributed by atoms with E-state index in [9.17, 15) is 13.6 Å². The van der Waals surface area contributed by atoms with E-state index in [1.165, 1.54) is 24.3 Å². The van der Waals surface area contributed by atoms with Crippen LogP contribution in [0.15, 0.2) is 54.9 Å². The number of aromatic nitrogens is 2. The number of amides is 1. The van der Waals surface area contributed by atoms with Crippen LogP contribution in [0.2, 0.25) is 0 Å². The third-order valence-electron chi connectivity index (χ3n) is 4.04. The van der Waals surface area contributed by atoms with Gasteiger partial charge in [0.1, 0.15) is 23.5 Å². The Bertz CT molecular complexity index is 903. The monoisotopic (exact) mass is 341 g/mol. The topological polar surface area (TPSA) is 46.9 Å². The lowest BCUT2D eigenvalue weighted by Crippen LogP contribution is -2.31. The third kappa shape index (κ3) is 3.57. The second-order valence-electron chi connectivity index (χ2n) is 5.81. The largest absolute Gasteiger partial charge is 0.338 e. The standard InChI is InChI=1S/C19H17F2N3O/c1-12-3-6-15(21)11-16(12)19(25)23-17(18-22-9-10-24(18)2)13-4-7-14(20)8-5-13/h3-11,17H,1-2H3,(H,23,25). The third-order valence-corrected chi connectivity index (χ3v) is 4.04. The van der Waals surface area contributed by atoms with Crippen molar-refractivity contribution in [3.8, 4) is 0 Å². The van der Waals surface area contributed by atoms with Crippen molar-refractivity contribution < 1.29 is 13.6 Å². The van der Waals surface area contributed by atoms with E-state index in [1.807, 2.05) is 0 Å². The van der Waals surface area contributed by atoms with Crippen LogP contribution < -0.4 is 5.32 Å². The average molecular weight is 341 g/mol. The molecule has 6 heteroatoms. The molecule has 1 heterocycles. The minimum atomic E-state index is -0.587. The van der Waals surface area contributed by atoms with Crippen LogP contribution in [-0.2, 0) is 7.05 Å². The fourth-order valence-corrected chi connectivity index (χ4v) is 2.66. The summed E-state index contributed by atoms with van der Waals surface area (Å²) in [5.41, 5.74) is 1.59. The highest BCUT2D eigenvalue weighted by molar-refractivity contribution is 5.96. The van der Waals surface area contributed by atoms with E-state index in [2.05, 4.69) is 10.3 Å². The molecule has 1 atom stereocenters. The maximum Gasteiger partial charge on any atom is 0.252 e. The molecule has 1 N–H and O–H groups in total. The van der Waals surface area contributed by atoms with Crippen LogP contribution >= 0.6 is 0 Å². The van der Waals surface area contributed by atoms with Crippen molar-refractivity contribution in [3.63, 3.8) is 0 Å². The number of imidazole rings is 1. The molecule has 1 aromatic heterocycles. The minimum Gasteiger partial charge on any atom is -0.338 e. The van der Waals surface area contributed by atoms with Crippen molar-refractivity contribution in [2.45, 2.75) is 13.0 Å². The molecule has 0 saturated carbocycles. The van der Waals surface area contributed by atoms with Gasteiger partial charge in [0.2, 0.25) is 0 Å².